The highest BCUT2D eigenvalue weighted by Gasteiger charge is 2.38. The van der Waals surface area contributed by atoms with Crippen LogP contribution in [0.5, 0.6) is 0 Å². The largest absolute Gasteiger partial charge is 0.396 e. The van der Waals surface area contributed by atoms with Crippen LogP contribution in [0.3, 0.4) is 0 Å². The van der Waals surface area contributed by atoms with Gasteiger partial charge in [-0.3, -0.25) is 4.79 Å². The molecule has 1 amide bonds. The first-order valence-electron chi connectivity index (χ1n) is 7.36. The minimum absolute atomic E-state index is 0.0417. The van der Waals surface area contributed by atoms with Crippen molar-refractivity contribution in [2.24, 2.45) is 5.41 Å². The van der Waals surface area contributed by atoms with Gasteiger partial charge in [0.1, 0.15) is 5.82 Å². The Morgan fingerprint density at radius 2 is 2.19 bits per heavy atom. The zero-order valence-corrected chi connectivity index (χ0v) is 12.3. The van der Waals surface area contributed by atoms with Crippen LogP contribution < -0.4 is 5.32 Å². The number of amides is 1. The average molecular weight is 291 g/mol. The van der Waals surface area contributed by atoms with E-state index in [4.69, 9.17) is 0 Å². The molecule has 2 N–H and O–H groups in total. The van der Waals surface area contributed by atoms with E-state index in [0.29, 0.717) is 0 Å². The van der Waals surface area contributed by atoms with Gasteiger partial charge in [-0.15, -0.1) is 0 Å². The number of hydrogen-bond donors (Lipinski definition) is 2. The fourth-order valence-electron chi connectivity index (χ4n) is 2.80. The topological polar surface area (TPSA) is 49.3 Å². The summed E-state index contributed by atoms with van der Waals surface area (Å²) in [4.78, 5) is 11.9. The predicted octanol–water partition coefficient (Wildman–Crippen LogP) is 2.90. The van der Waals surface area contributed by atoms with Crippen LogP contribution in [0.2, 0.25) is 0 Å². The van der Waals surface area contributed by atoms with Gasteiger partial charge in [0.15, 0.2) is 0 Å². The van der Waals surface area contributed by atoms with E-state index in [9.17, 15) is 14.3 Å². The first-order chi connectivity index (χ1) is 10.0. The van der Waals surface area contributed by atoms with Crippen LogP contribution in [-0.2, 0) is 4.79 Å². The molecule has 1 aromatic carbocycles. The molecule has 3 nitrogen and oxygen atoms in total. The SMILES string of the molecule is CC1(CO)CCCC1NC(=O)C/C=C/c1ccc(F)cc1. The van der Waals surface area contributed by atoms with Gasteiger partial charge in [0.25, 0.3) is 0 Å². The van der Waals surface area contributed by atoms with Gasteiger partial charge in [0.2, 0.25) is 5.91 Å². The third-order valence-corrected chi connectivity index (χ3v) is 4.26. The van der Waals surface area contributed by atoms with Crippen molar-refractivity contribution in [1.29, 1.82) is 0 Å². The summed E-state index contributed by atoms with van der Waals surface area (Å²) in [6, 6.07) is 6.18. The number of carbonyl (C=O) groups is 1. The molecule has 1 aliphatic carbocycles. The fourth-order valence-corrected chi connectivity index (χ4v) is 2.80. The van der Waals surface area contributed by atoms with Crippen molar-refractivity contribution in [3.05, 3.63) is 41.7 Å². The summed E-state index contributed by atoms with van der Waals surface area (Å²) in [5.74, 6) is -0.311. The Morgan fingerprint density at radius 1 is 1.48 bits per heavy atom. The van der Waals surface area contributed by atoms with Gasteiger partial charge >= 0.3 is 0 Å². The average Bonchev–Trinajstić information content (AvgIpc) is 2.83. The van der Waals surface area contributed by atoms with Crippen LogP contribution in [-0.4, -0.2) is 23.7 Å². The highest BCUT2D eigenvalue weighted by Crippen LogP contribution is 2.37. The lowest BCUT2D eigenvalue weighted by atomic mass is 9.86. The summed E-state index contributed by atoms with van der Waals surface area (Å²) in [6.45, 7) is 2.11. The Kier molecular flexibility index (Phi) is 5.12. The second-order valence-corrected chi connectivity index (χ2v) is 5.98. The molecule has 4 heteroatoms. The molecule has 0 aromatic heterocycles. The molecular weight excluding hydrogens is 269 g/mol. The minimum atomic E-state index is -0.269. The molecule has 21 heavy (non-hydrogen) atoms. The van der Waals surface area contributed by atoms with Crippen LogP contribution in [0.25, 0.3) is 6.08 Å². The molecule has 1 fully saturated rings. The fraction of sp³-hybridized carbons (Fsp3) is 0.471. The van der Waals surface area contributed by atoms with Crippen molar-refractivity contribution in [3.8, 4) is 0 Å². The Balaban J connectivity index is 1.83. The summed E-state index contributed by atoms with van der Waals surface area (Å²) in [5.41, 5.74) is 0.668. The zero-order chi connectivity index (χ0) is 15.3. The smallest absolute Gasteiger partial charge is 0.224 e. The molecule has 0 saturated heterocycles. The minimum Gasteiger partial charge on any atom is -0.396 e. The summed E-state index contributed by atoms with van der Waals surface area (Å²) < 4.78 is 12.8. The standard InChI is InChI=1S/C17H22FNO2/c1-17(12-20)11-3-5-15(17)19-16(21)6-2-4-13-7-9-14(18)10-8-13/h2,4,7-10,15,20H,3,5-6,11-12H2,1H3,(H,19,21)/b4-2+. The van der Waals surface area contributed by atoms with E-state index >= 15 is 0 Å². The molecule has 1 saturated carbocycles. The number of aliphatic hydroxyl groups is 1. The van der Waals surface area contributed by atoms with E-state index in [1.165, 1.54) is 12.1 Å². The van der Waals surface area contributed by atoms with Crippen LogP contribution in [0, 0.1) is 11.2 Å². The van der Waals surface area contributed by atoms with Crippen molar-refractivity contribution in [2.75, 3.05) is 6.61 Å². The molecule has 0 spiro atoms. The van der Waals surface area contributed by atoms with Gasteiger partial charge < -0.3 is 10.4 Å². The maximum absolute atomic E-state index is 12.8. The molecule has 1 aromatic rings. The number of aliphatic hydroxyl groups excluding tert-OH is 1. The number of rotatable bonds is 5. The molecule has 0 heterocycles. The van der Waals surface area contributed by atoms with Crippen molar-refractivity contribution >= 4 is 12.0 Å². The van der Waals surface area contributed by atoms with Gasteiger partial charge in [-0.1, -0.05) is 37.6 Å². The molecule has 0 radical (unpaired) electrons. The van der Waals surface area contributed by atoms with Crippen LogP contribution in [0.1, 0.15) is 38.2 Å². The van der Waals surface area contributed by atoms with E-state index < -0.39 is 0 Å². The molecule has 0 bridgehead atoms. The number of hydrogen-bond acceptors (Lipinski definition) is 2. The zero-order valence-electron chi connectivity index (χ0n) is 12.3. The Hall–Kier alpha value is -1.68. The maximum Gasteiger partial charge on any atom is 0.224 e. The maximum atomic E-state index is 12.8. The Bertz CT molecular complexity index is 512. The normalized spacial score (nSPS) is 25.4. The number of halogens is 1. The summed E-state index contributed by atoms with van der Waals surface area (Å²) in [6.07, 6.45) is 6.76. The molecular formula is C17H22FNO2. The van der Waals surface area contributed by atoms with E-state index in [-0.39, 0.29) is 36.2 Å². The first-order valence-corrected chi connectivity index (χ1v) is 7.36. The van der Waals surface area contributed by atoms with Crippen LogP contribution in [0.4, 0.5) is 4.39 Å². The second-order valence-electron chi connectivity index (χ2n) is 5.98. The molecule has 0 aliphatic heterocycles. The van der Waals surface area contributed by atoms with E-state index in [2.05, 4.69) is 5.32 Å². The first kappa shape index (κ1) is 15.7. The summed E-state index contributed by atoms with van der Waals surface area (Å²) in [5, 5.41) is 12.5. The van der Waals surface area contributed by atoms with Gasteiger partial charge in [-0.25, -0.2) is 4.39 Å². The Morgan fingerprint density at radius 3 is 2.86 bits per heavy atom. The monoisotopic (exact) mass is 291 g/mol. The molecule has 1 aliphatic rings. The predicted molar refractivity (Wildman–Crippen MR) is 81.0 cm³/mol. The van der Waals surface area contributed by atoms with E-state index in [0.717, 1.165) is 24.8 Å². The summed E-state index contributed by atoms with van der Waals surface area (Å²) in [7, 11) is 0. The van der Waals surface area contributed by atoms with Crippen LogP contribution >= 0.6 is 0 Å². The van der Waals surface area contributed by atoms with Gasteiger partial charge in [-0.05, 0) is 30.5 Å². The second kappa shape index (κ2) is 6.85. The van der Waals surface area contributed by atoms with Crippen LogP contribution in [0.15, 0.2) is 30.3 Å². The lowest BCUT2D eigenvalue weighted by Crippen LogP contribution is -2.44. The third-order valence-electron chi connectivity index (χ3n) is 4.26. The molecule has 2 unspecified atom stereocenters. The van der Waals surface area contributed by atoms with Crippen molar-refractivity contribution in [1.82, 2.24) is 5.32 Å². The lowest BCUT2D eigenvalue weighted by Gasteiger charge is -2.29. The molecule has 114 valence electrons. The van der Waals surface area contributed by atoms with E-state index in [1.807, 2.05) is 6.92 Å². The highest BCUT2D eigenvalue weighted by molar-refractivity contribution is 5.78. The quantitative estimate of drug-likeness (QED) is 0.876. The van der Waals surface area contributed by atoms with Crippen molar-refractivity contribution in [2.45, 2.75) is 38.6 Å². The highest BCUT2D eigenvalue weighted by atomic mass is 19.1. The van der Waals surface area contributed by atoms with Gasteiger partial charge in [0.05, 0.1) is 6.61 Å². The van der Waals surface area contributed by atoms with Gasteiger partial charge in [-0.2, -0.15) is 0 Å². The van der Waals surface area contributed by atoms with E-state index in [1.54, 1.807) is 24.3 Å². The van der Waals surface area contributed by atoms with Crippen molar-refractivity contribution < 1.29 is 14.3 Å². The van der Waals surface area contributed by atoms with Crippen molar-refractivity contribution in [3.63, 3.8) is 0 Å². The Labute approximate surface area is 124 Å². The van der Waals surface area contributed by atoms with Gasteiger partial charge in [0, 0.05) is 17.9 Å². The number of nitrogens with one attached hydrogen (secondary N) is 1. The molecule has 2 rings (SSSR count). The molecule has 2 atom stereocenters. The number of carbonyl (C=O) groups excluding carboxylic acids is 1. The lowest BCUT2D eigenvalue weighted by molar-refractivity contribution is -0.121. The summed E-state index contributed by atoms with van der Waals surface area (Å²) >= 11 is 0. The third kappa shape index (κ3) is 4.14. The number of benzene rings is 1.